The van der Waals surface area contributed by atoms with Gasteiger partial charge in [-0.3, -0.25) is 0 Å². The number of rotatable bonds is 5. The van der Waals surface area contributed by atoms with Crippen LogP contribution in [0.25, 0.3) is 0 Å². The number of carboxylic acid groups (broad SMARTS) is 1. The van der Waals surface area contributed by atoms with Crippen LogP contribution in [-0.4, -0.2) is 29.2 Å². The van der Waals surface area contributed by atoms with Gasteiger partial charge in [-0.25, -0.2) is 9.59 Å². The van der Waals surface area contributed by atoms with Crippen molar-refractivity contribution in [2.45, 2.75) is 57.9 Å². The Balaban J connectivity index is 2.60. The van der Waals surface area contributed by atoms with Gasteiger partial charge >= 0.3 is 12.0 Å². The maximum absolute atomic E-state index is 11.6. The highest BCUT2D eigenvalue weighted by Crippen LogP contribution is 2.33. The summed E-state index contributed by atoms with van der Waals surface area (Å²) in [5.41, 5.74) is -1.07. The number of hydrogen-bond acceptors (Lipinski definition) is 2. The molecule has 2 amide bonds. The van der Waals surface area contributed by atoms with E-state index in [0.717, 1.165) is 25.7 Å². The molecule has 0 aromatic carbocycles. The lowest BCUT2D eigenvalue weighted by molar-refractivity contribution is -0.146. The third-order valence-corrected chi connectivity index (χ3v) is 3.83. The van der Waals surface area contributed by atoms with Crippen molar-refractivity contribution in [1.82, 2.24) is 10.6 Å². The highest BCUT2D eigenvalue weighted by molar-refractivity contribution is 5.86. The maximum atomic E-state index is 11.6. The van der Waals surface area contributed by atoms with E-state index >= 15 is 0 Å². The SMILES string of the molecule is CCCNC(=O)NC1(C(=O)O)CCC(CC)CC1. The van der Waals surface area contributed by atoms with Crippen molar-refractivity contribution in [1.29, 1.82) is 0 Å². The van der Waals surface area contributed by atoms with Crippen molar-refractivity contribution >= 4 is 12.0 Å². The van der Waals surface area contributed by atoms with Crippen molar-refractivity contribution in [3.05, 3.63) is 0 Å². The van der Waals surface area contributed by atoms with Gasteiger partial charge in [0.25, 0.3) is 0 Å². The minimum atomic E-state index is -1.07. The lowest BCUT2D eigenvalue weighted by Crippen LogP contribution is -2.58. The second-order valence-corrected chi connectivity index (χ2v) is 5.12. The molecule has 0 heterocycles. The van der Waals surface area contributed by atoms with Gasteiger partial charge in [-0.15, -0.1) is 0 Å². The number of hydrogen-bond donors (Lipinski definition) is 3. The predicted molar refractivity (Wildman–Crippen MR) is 69.4 cm³/mol. The molecule has 0 aromatic heterocycles. The van der Waals surface area contributed by atoms with Gasteiger partial charge in [-0.1, -0.05) is 20.3 Å². The number of urea groups is 1. The van der Waals surface area contributed by atoms with Crippen molar-refractivity contribution in [2.24, 2.45) is 5.92 Å². The number of aliphatic carboxylic acids is 1. The van der Waals surface area contributed by atoms with Crippen LogP contribution in [0.1, 0.15) is 52.4 Å². The largest absolute Gasteiger partial charge is 0.480 e. The van der Waals surface area contributed by atoms with Crippen LogP contribution in [0.2, 0.25) is 0 Å². The molecule has 0 atom stereocenters. The van der Waals surface area contributed by atoms with E-state index in [4.69, 9.17) is 0 Å². The Morgan fingerprint density at radius 1 is 1.28 bits per heavy atom. The summed E-state index contributed by atoms with van der Waals surface area (Å²) in [6.07, 6.45) is 4.72. The van der Waals surface area contributed by atoms with Gasteiger partial charge in [0, 0.05) is 6.54 Å². The van der Waals surface area contributed by atoms with Crippen LogP contribution in [0, 0.1) is 5.92 Å². The fourth-order valence-electron chi connectivity index (χ4n) is 2.47. The van der Waals surface area contributed by atoms with E-state index in [0.29, 0.717) is 25.3 Å². The molecule has 1 fully saturated rings. The summed E-state index contributed by atoms with van der Waals surface area (Å²) >= 11 is 0. The normalized spacial score (nSPS) is 27.6. The van der Waals surface area contributed by atoms with Crippen molar-refractivity contribution in [3.8, 4) is 0 Å². The summed E-state index contributed by atoms with van der Waals surface area (Å²) < 4.78 is 0. The predicted octanol–water partition coefficient (Wildman–Crippen LogP) is 2.12. The third-order valence-electron chi connectivity index (χ3n) is 3.83. The Bertz CT molecular complexity index is 297. The number of amides is 2. The van der Waals surface area contributed by atoms with Crippen molar-refractivity contribution in [2.75, 3.05) is 6.54 Å². The summed E-state index contributed by atoms with van der Waals surface area (Å²) in [4.78, 5) is 23.1. The second-order valence-electron chi connectivity index (χ2n) is 5.12. The molecule has 0 aliphatic heterocycles. The van der Waals surface area contributed by atoms with Gasteiger partial charge in [-0.05, 0) is 38.0 Å². The first-order chi connectivity index (χ1) is 8.54. The van der Waals surface area contributed by atoms with Crippen LogP contribution in [0.4, 0.5) is 4.79 Å². The first-order valence-electron chi connectivity index (χ1n) is 6.83. The Morgan fingerprint density at radius 2 is 1.89 bits per heavy atom. The van der Waals surface area contributed by atoms with Gasteiger partial charge in [0.1, 0.15) is 5.54 Å². The molecule has 0 spiro atoms. The van der Waals surface area contributed by atoms with Gasteiger partial charge in [0.05, 0.1) is 0 Å². The summed E-state index contributed by atoms with van der Waals surface area (Å²) in [5.74, 6) is -0.318. The number of carbonyl (C=O) groups is 2. The van der Waals surface area contributed by atoms with Crippen LogP contribution in [0.5, 0.6) is 0 Å². The molecule has 1 aliphatic carbocycles. The van der Waals surface area contributed by atoms with Crippen molar-refractivity contribution in [3.63, 3.8) is 0 Å². The molecule has 1 rings (SSSR count). The van der Waals surface area contributed by atoms with E-state index in [1.165, 1.54) is 0 Å². The molecule has 1 aliphatic rings. The van der Waals surface area contributed by atoms with Crippen LogP contribution < -0.4 is 10.6 Å². The van der Waals surface area contributed by atoms with Crippen LogP contribution >= 0.6 is 0 Å². The Hall–Kier alpha value is -1.26. The maximum Gasteiger partial charge on any atom is 0.329 e. The number of carboxylic acids is 1. The van der Waals surface area contributed by atoms with E-state index in [2.05, 4.69) is 17.6 Å². The van der Waals surface area contributed by atoms with Gasteiger partial charge in [0.15, 0.2) is 0 Å². The first kappa shape index (κ1) is 14.8. The summed E-state index contributed by atoms with van der Waals surface area (Å²) in [6.45, 7) is 4.65. The number of nitrogens with one attached hydrogen (secondary N) is 2. The zero-order valence-corrected chi connectivity index (χ0v) is 11.3. The van der Waals surface area contributed by atoms with Crippen LogP contribution in [0.15, 0.2) is 0 Å². The van der Waals surface area contributed by atoms with E-state index < -0.39 is 11.5 Å². The molecule has 18 heavy (non-hydrogen) atoms. The molecule has 0 saturated heterocycles. The average molecular weight is 256 g/mol. The molecule has 5 nitrogen and oxygen atoms in total. The molecule has 0 radical (unpaired) electrons. The van der Waals surface area contributed by atoms with Gasteiger partial charge in [-0.2, -0.15) is 0 Å². The lowest BCUT2D eigenvalue weighted by Gasteiger charge is -2.37. The zero-order chi connectivity index (χ0) is 13.6. The Morgan fingerprint density at radius 3 is 2.33 bits per heavy atom. The third kappa shape index (κ3) is 3.62. The van der Waals surface area contributed by atoms with Crippen molar-refractivity contribution < 1.29 is 14.7 Å². The fraction of sp³-hybridized carbons (Fsp3) is 0.846. The smallest absolute Gasteiger partial charge is 0.329 e. The van der Waals surface area contributed by atoms with E-state index in [9.17, 15) is 14.7 Å². The van der Waals surface area contributed by atoms with E-state index in [-0.39, 0.29) is 6.03 Å². The molecule has 3 N–H and O–H groups in total. The van der Waals surface area contributed by atoms with Crippen LogP contribution in [0.3, 0.4) is 0 Å². The summed E-state index contributed by atoms with van der Waals surface area (Å²) in [7, 11) is 0. The minimum absolute atomic E-state index is 0.366. The molecular weight excluding hydrogens is 232 g/mol. The van der Waals surface area contributed by atoms with Crippen LogP contribution in [-0.2, 0) is 4.79 Å². The van der Waals surface area contributed by atoms with Gasteiger partial charge < -0.3 is 15.7 Å². The molecule has 104 valence electrons. The monoisotopic (exact) mass is 256 g/mol. The second kappa shape index (κ2) is 6.61. The molecule has 1 saturated carbocycles. The van der Waals surface area contributed by atoms with E-state index in [1.54, 1.807) is 0 Å². The quantitative estimate of drug-likeness (QED) is 0.705. The molecule has 0 aromatic rings. The molecular formula is C13H24N2O3. The average Bonchev–Trinajstić information content (AvgIpc) is 2.37. The highest BCUT2D eigenvalue weighted by Gasteiger charge is 2.42. The Kier molecular flexibility index (Phi) is 5.44. The fourth-order valence-corrected chi connectivity index (χ4v) is 2.47. The first-order valence-corrected chi connectivity index (χ1v) is 6.83. The zero-order valence-electron chi connectivity index (χ0n) is 11.3. The summed E-state index contributed by atoms with van der Waals surface area (Å²) in [5, 5.41) is 14.7. The highest BCUT2D eigenvalue weighted by atomic mass is 16.4. The molecule has 5 heteroatoms. The Labute approximate surface area is 108 Å². The molecule has 0 unspecified atom stereocenters. The topological polar surface area (TPSA) is 78.4 Å². The number of carbonyl (C=O) groups excluding carboxylic acids is 1. The minimum Gasteiger partial charge on any atom is -0.480 e. The lowest BCUT2D eigenvalue weighted by atomic mass is 9.75. The van der Waals surface area contributed by atoms with Gasteiger partial charge in [0.2, 0.25) is 0 Å². The summed E-state index contributed by atoms with van der Waals surface area (Å²) in [6, 6.07) is -0.366. The van der Waals surface area contributed by atoms with E-state index in [1.807, 2.05) is 6.92 Å². The standard InChI is InChI=1S/C13H24N2O3/c1-3-9-14-12(18)15-13(11(16)17)7-5-10(4-2)6-8-13/h10H,3-9H2,1-2H3,(H,16,17)(H2,14,15,18). The molecule has 0 bridgehead atoms.